The molecule has 154 valence electrons. The van der Waals surface area contributed by atoms with Crippen molar-refractivity contribution < 1.29 is 17.9 Å². The van der Waals surface area contributed by atoms with Crippen molar-refractivity contribution in [3.05, 3.63) is 71.4 Å². The molecule has 0 saturated heterocycles. The van der Waals surface area contributed by atoms with E-state index in [2.05, 4.69) is 9.71 Å². The van der Waals surface area contributed by atoms with Gasteiger partial charge < -0.3 is 4.74 Å². The lowest BCUT2D eigenvalue weighted by Crippen LogP contribution is -2.31. The number of benzene rings is 2. The highest BCUT2D eigenvalue weighted by atomic mass is 35.5. The summed E-state index contributed by atoms with van der Waals surface area (Å²) in [5, 5.41) is 0.269. The van der Waals surface area contributed by atoms with Gasteiger partial charge in [-0.15, -0.1) is 0 Å². The zero-order valence-electron chi connectivity index (χ0n) is 16.0. The quantitative estimate of drug-likeness (QED) is 0.617. The second-order valence-electron chi connectivity index (χ2n) is 6.63. The van der Waals surface area contributed by atoms with Gasteiger partial charge in [0.15, 0.2) is 11.6 Å². The number of carbonyl (C=O) groups excluding carboxylic acids is 1. The smallest absolute Gasteiger partial charge is 0.263 e. The molecule has 1 aromatic heterocycles. The number of halogens is 1. The summed E-state index contributed by atoms with van der Waals surface area (Å²) in [6, 6.07) is 14.1. The van der Waals surface area contributed by atoms with Gasteiger partial charge in [-0.05, 0) is 48.9 Å². The summed E-state index contributed by atoms with van der Waals surface area (Å²) in [5.41, 5.74) is 0.393. The van der Waals surface area contributed by atoms with E-state index in [1.165, 1.54) is 23.1 Å². The minimum Gasteiger partial charge on any atom is -0.453 e. The predicted octanol–water partition coefficient (Wildman–Crippen LogP) is 4.70. The largest absolute Gasteiger partial charge is 0.453 e. The monoisotopic (exact) mass is 443 g/mol. The van der Waals surface area contributed by atoms with Crippen LogP contribution in [0.2, 0.25) is 5.02 Å². The summed E-state index contributed by atoms with van der Waals surface area (Å²) in [5.74, 6) is 0.727. The Morgan fingerprint density at radius 2 is 1.90 bits per heavy atom. The van der Waals surface area contributed by atoms with Gasteiger partial charge in [0.1, 0.15) is 5.75 Å². The van der Waals surface area contributed by atoms with Crippen molar-refractivity contribution in [1.82, 2.24) is 4.98 Å². The first-order valence-electron chi connectivity index (χ1n) is 9.27. The predicted molar refractivity (Wildman–Crippen MR) is 115 cm³/mol. The lowest BCUT2D eigenvalue weighted by Gasteiger charge is -2.20. The van der Waals surface area contributed by atoms with E-state index in [0.717, 1.165) is 0 Å². The summed E-state index contributed by atoms with van der Waals surface area (Å²) in [7, 11) is -3.98. The van der Waals surface area contributed by atoms with Crippen LogP contribution in [0.1, 0.15) is 23.7 Å². The van der Waals surface area contributed by atoms with E-state index >= 15 is 0 Å². The van der Waals surface area contributed by atoms with Gasteiger partial charge in [0.2, 0.25) is 0 Å². The second kappa shape index (κ2) is 7.97. The van der Waals surface area contributed by atoms with E-state index in [-0.39, 0.29) is 32.8 Å². The van der Waals surface area contributed by atoms with Crippen molar-refractivity contribution in [2.45, 2.75) is 18.2 Å². The van der Waals surface area contributed by atoms with Crippen LogP contribution < -0.4 is 14.4 Å². The number of hydrogen-bond donors (Lipinski definition) is 1. The van der Waals surface area contributed by atoms with E-state index < -0.39 is 10.0 Å². The first-order chi connectivity index (χ1) is 14.4. The lowest BCUT2D eigenvalue weighted by molar-refractivity contribution is 0.0986. The topological polar surface area (TPSA) is 88.6 Å². The normalized spacial score (nSPS) is 13.1. The number of carbonyl (C=O) groups is 1. The van der Waals surface area contributed by atoms with Crippen LogP contribution in [0.5, 0.6) is 11.5 Å². The second-order valence-corrected chi connectivity index (χ2v) is 8.72. The Balaban J connectivity index is 1.77. The highest BCUT2D eigenvalue weighted by molar-refractivity contribution is 7.92. The van der Waals surface area contributed by atoms with Crippen LogP contribution in [0.25, 0.3) is 0 Å². The molecule has 0 bridgehead atoms. The molecule has 1 amide bonds. The van der Waals surface area contributed by atoms with Crippen LogP contribution in [0.15, 0.2) is 65.7 Å². The van der Waals surface area contributed by atoms with Gasteiger partial charge in [-0.1, -0.05) is 30.7 Å². The van der Waals surface area contributed by atoms with Gasteiger partial charge >= 0.3 is 0 Å². The molecule has 0 atom stereocenters. The van der Waals surface area contributed by atoms with E-state index in [1.807, 2.05) is 6.92 Å². The first-order valence-corrected chi connectivity index (χ1v) is 11.1. The fourth-order valence-electron chi connectivity index (χ4n) is 3.14. The molecule has 0 fully saturated rings. The summed E-state index contributed by atoms with van der Waals surface area (Å²) in [6.45, 7) is 2.36. The molecule has 0 aliphatic carbocycles. The third-order valence-corrected chi connectivity index (χ3v) is 6.22. The van der Waals surface area contributed by atoms with Crippen molar-refractivity contribution in [3.63, 3.8) is 0 Å². The fraction of sp³-hybridized carbons (Fsp3) is 0.143. The Morgan fingerprint density at radius 1 is 1.10 bits per heavy atom. The average molecular weight is 444 g/mol. The summed E-state index contributed by atoms with van der Waals surface area (Å²) in [4.78, 5) is 19.0. The summed E-state index contributed by atoms with van der Waals surface area (Å²) >= 11 is 6.07. The molecule has 0 unspecified atom stereocenters. The molecular formula is C21H18ClN3O4S. The Bertz CT molecular complexity index is 1230. The number of nitrogens with one attached hydrogen (secondary N) is 1. The molecule has 3 aromatic rings. The molecule has 4 rings (SSSR count). The summed E-state index contributed by atoms with van der Waals surface area (Å²) < 4.78 is 34.2. The summed E-state index contributed by atoms with van der Waals surface area (Å²) in [6.07, 6.45) is 2.28. The fourth-order valence-corrected chi connectivity index (χ4v) is 4.48. The molecule has 0 radical (unpaired) electrons. The van der Waals surface area contributed by atoms with Crippen LogP contribution in [-0.4, -0.2) is 25.9 Å². The molecular weight excluding hydrogens is 426 g/mol. The standard InChI is InChI=1S/C21H18ClN3O4S/c1-2-12-25-20-19(8-5-11-23-20)29-18-10-9-14(13-15(18)21(25)26)30(27,28)24-17-7-4-3-6-16(17)22/h3-11,13,24H,2,12H2,1H3. The maximum Gasteiger partial charge on any atom is 0.263 e. The molecule has 0 spiro atoms. The number of ether oxygens (including phenoxy) is 1. The minimum atomic E-state index is -3.98. The van der Waals surface area contributed by atoms with E-state index in [0.29, 0.717) is 24.5 Å². The van der Waals surface area contributed by atoms with Gasteiger partial charge in [0.25, 0.3) is 15.9 Å². The number of nitrogens with zero attached hydrogens (tertiary/aromatic N) is 2. The van der Waals surface area contributed by atoms with Crippen LogP contribution >= 0.6 is 11.6 Å². The number of amides is 1. The van der Waals surface area contributed by atoms with Gasteiger partial charge in [-0.3, -0.25) is 14.4 Å². The molecule has 2 heterocycles. The molecule has 7 nitrogen and oxygen atoms in total. The van der Waals surface area contributed by atoms with Gasteiger partial charge in [0.05, 0.1) is 21.2 Å². The number of fused-ring (bicyclic) bond motifs is 2. The van der Waals surface area contributed by atoms with Crippen molar-refractivity contribution in [3.8, 4) is 11.5 Å². The number of para-hydroxylation sites is 1. The zero-order valence-corrected chi connectivity index (χ0v) is 17.6. The lowest BCUT2D eigenvalue weighted by atomic mass is 10.1. The number of sulfonamides is 1. The van der Waals surface area contributed by atoms with E-state index in [4.69, 9.17) is 16.3 Å². The molecule has 9 heteroatoms. The van der Waals surface area contributed by atoms with E-state index in [1.54, 1.807) is 42.6 Å². The highest BCUT2D eigenvalue weighted by Gasteiger charge is 2.30. The number of hydrogen-bond acceptors (Lipinski definition) is 5. The number of anilines is 2. The number of rotatable bonds is 5. The van der Waals surface area contributed by atoms with Crippen molar-refractivity contribution in [2.75, 3.05) is 16.2 Å². The molecule has 0 saturated carbocycles. The SMILES string of the molecule is CCCN1C(=O)c2cc(S(=O)(=O)Nc3ccccc3Cl)ccc2Oc2cccnc21. The third-order valence-electron chi connectivity index (χ3n) is 4.53. The van der Waals surface area contributed by atoms with Crippen molar-refractivity contribution >= 4 is 39.0 Å². The van der Waals surface area contributed by atoms with Gasteiger partial charge in [0, 0.05) is 12.7 Å². The van der Waals surface area contributed by atoms with Crippen molar-refractivity contribution in [2.24, 2.45) is 0 Å². The first kappa shape index (κ1) is 20.2. The van der Waals surface area contributed by atoms with Crippen LogP contribution in [0, 0.1) is 0 Å². The molecule has 30 heavy (non-hydrogen) atoms. The number of pyridine rings is 1. The third kappa shape index (κ3) is 3.71. The van der Waals surface area contributed by atoms with Crippen molar-refractivity contribution in [1.29, 1.82) is 0 Å². The van der Waals surface area contributed by atoms with Gasteiger partial charge in [-0.25, -0.2) is 13.4 Å². The van der Waals surface area contributed by atoms with E-state index in [9.17, 15) is 13.2 Å². The molecule has 2 aromatic carbocycles. The Hall–Kier alpha value is -3.10. The molecule has 1 N–H and O–H groups in total. The van der Waals surface area contributed by atoms with Crippen LogP contribution in [0.3, 0.4) is 0 Å². The Morgan fingerprint density at radius 3 is 2.67 bits per heavy atom. The maximum absolute atomic E-state index is 13.3. The Labute approximate surface area is 179 Å². The minimum absolute atomic E-state index is 0.0755. The highest BCUT2D eigenvalue weighted by Crippen LogP contribution is 2.38. The molecule has 1 aliphatic rings. The number of aromatic nitrogens is 1. The zero-order chi connectivity index (χ0) is 21.3. The average Bonchev–Trinajstić information content (AvgIpc) is 2.84. The maximum atomic E-state index is 13.3. The van der Waals surface area contributed by atoms with Crippen LogP contribution in [-0.2, 0) is 10.0 Å². The molecule has 1 aliphatic heterocycles. The van der Waals surface area contributed by atoms with Crippen LogP contribution in [0.4, 0.5) is 11.5 Å². The Kier molecular flexibility index (Phi) is 5.36. The van der Waals surface area contributed by atoms with Gasteiger partial charge in [-0.2, -0.15) is 0 Å².